The lowest BCUT2D eigenvalue weighted by molar-refractivity contribution is -0.138. The standard InChI is InChI=1S/C25H24F6N2O4S/c1-38(36,37)17-4-2-3-15(11-17)23(35)33-10-9-24(27,28)13-20(33)22(34)32-21(14-5-6-14)18-8-7-16(12-19(18)26)25(29,30)31/h2-4,7-8,11-12,14,20-21H,5-6,9-10,13H2,1H3,(H,32,34)/t20-,21+/m0/s1. The van der Waals surface area contributed by atoms with Gasteiger partial charge in [-0.2, -0.15) is 13.2 Å². The summed E-state index contributed by atoms with van der Waals surface area (Å²) in [5.74, 6) is -6.65. The first-order valence-corrected chi connectivity index (χ1v) is 13.6. The fraction of sp³-hybridized carbons (Fsp3) is 0.440. The van der Waals surface area contributed by atoms with Crippen molar-refractivity contribution in [2.45, 2.75) is 54.8 Å². The summed E-state index contributed by atoms with van der Waals surface area (Å²) in [6, 6.07) is 4.12. The van der Waals surface area contributed by atoms with Gasteiger partial charge in [0.15, 0.2) is 9.84 Å². The number of benzene rings is 2. The molecule has 206 valence electrons. The van der Waals surface area contributed by atoms with E-state index in [0.29, 0.717) is 25.0 Å². The second-order valence-corrected chi connectivity index (χ2v) is 11.7. The molecule has 1 saturated carbocycles. The fourth-order valence-corrected chi connectivity index (χ4v) is 5.19. The Balaban J connectivity index is 1.62. The smallest absolute Gasteiger partial charge is 0.347 e. The molecule has 1 saturated heterocycles. The second-order valence-electron chi connectivity index (χ2n) is 9.68. The van der Waals surface area contributed by atoms with Crippen molar-refractivity contribution in [2.75, 3.05) is 12.8 Å². The third-order valence-electron chi connectivity index (χ3n) is 6.71. The number of nitrogens with one attached hydrogen (secondary N) is 1. The Labute approximate surface area is 214 Å². The second kappa shape index (κ2) is 9.90. The van der Waals surface area contributed by atoms with Crippen LogP contribution in [-0.2, 0) is 20.8 Å². The Morgan fingerprint density at radius 1 is 1.11 bits per heavy atom. The number of alkyl halides is 5. The van der Waals surface area contributed by atoms with E-state index in [4.69, 9.17) is 0 Å². The van der Waals surface area contributed by atoms with Crippen molar-refractivity contribution in [1.29, 1.82) is 0 Å². The predicted octanol–water partition coefficient (Wildman–Crippen LogP) is 4.76. The summed E-state index contributed by atoms with van der Waals surface area (Å²) in [7, 11) is -3.68. The minimum absolute atomic E-state index is 0.122. The summed E-state index contributed by atoms with van der Waals surface area (Å²) >= 11 is 0. The molecule has 1 N–H and O–H groups in total. The fourth-order valence-electron chi connectivity index (χ4n) is 4.52. The Morgan fingerprint density at radius 2 is 1.79 bits per heavy atom. The monoisotopic (exact) mass is 562 g/mol. The lowest BCUT2D eigenvalue weighted by Gasteiger charge is -2.39. The van der Waals surface area contributed by atoms with Crippen LogP contribution in [0.4, 0.5) is 26.3 Å². The van der Waals surface area contributed by atoms with Crippen LogP contribution in [0.2, 0.25) is 0 Å². The van der Waals surface area contributed by atoms with Gasteiger partial charge in [0.1, 0.15) is 11.9 Å². The maximum absolute atomic E-state index is 14.7. The van der Waals surface area contributed by atoms with Crippen molar-refractivity contribution in [3.63, 3.8) is 0 Å². The summed E-state index contributed by atoms with van der Waals surface area (Å²) in [4.78, 5) is 27.3. The highest BCUT2D eigenvalue weighted by molar-refractivity contribution is 7.90. The average molecular weight is 563 g/mol. The number of carbonyl (C=O) groups is 2. The highest BCUT2D eigenvalue weighted by Crippen LogP contribution is 2.43. The highest BCUT2D eigenvalue weighted by atomic mass is 32.2. The van der Waals surface area contributed by atoms with Crippen LogP contribution < -0.4 is 5.32 Å². The maximum Gasteiger partial charge on any atom is 0.416 e. The zero-order valence-electron chi connectivity index (χ0n) is 20.1. The van der Waals surface area contributed by atoms with Gasteiger partial charge < -0.3 is 10.2 Å². The van der Waals surface area contributed by atoms with E-state index in [9.17, 15) is 44.3 Å². The van der Waals surface area contributed by atoms with Crippen LogP contribution in [0.25, 0.3) is 0 Å². The Kier molecular flexibility index (Phi) is 7.28. The maximum atomic E-state index is 14.7. The van der Waals surface area contributed by atoms with Crippen LogP contribution in [-0.4, -0.2) is 49.9 Å². The van der Waals surface area contributed by atoms with Crippen molar-refractivity contribution in [3.05, 3.63) is 65.0 Å². The number of rotatable bonds is 6. The number of likely N-dealkylation sites (tertiary alicyclic amines) is 1. The van der Waals surface area contributed by atoms with E-state index in [1.165, 1.54) is 18.2 Å². The SMILES string of the molecule is CS(=O)(=O)c1cccc(C(=O)N2CCC(F)(F)C[C@H]2C(=O)N[C@@H](c2ccc(C(F)(F)F)cc2F)C2CC2)c1. The van der Waals surface area contributed by atoms with Crippen LogP contribution in [0.15, 0.2) is 47.4 Å². The summed E-state index contributed by atoms with van der Waals surface area (Å²) in [5.41, 5.74) is -1.54. The number of carbonyl (C=O) groups excluding carboxylic acids is 2. The van der Waals surface area contributed by atoms with Crippen LogP contribution in [0.1, 0.15) is 53.2 Å². The number of halogens is 6. The van der Waals surface area contributed by atoms with Gasteiger partial charge in [-0.1, -0.05) is 12.1 Å². The van der Waals surface area contributed by atoms with Crippen LogP contribution in [0, 0.1) is 11.7 Å². The first kappa shape index (κ1) is 27.9. The van der Waals surface area contributed by atoms with E-state index in [-0.39, 0.29) is 21.9 Å². The van der Waals surface area contributed by atoms with Crippen LogP contribution >= 0.6 is 0 Å². The van der Waals surface area contributed by atoms with Gasteiger partial charge in [0.25, 0.3) is 11.8 Å². The summed E-state index contributed by atoms with van der Waals surface area (Å²) in [6.07, 6.45) is -4.52. The molecule has 1 aliphatic carbocycles. The summed E-state index contributed by atoms with van der Waals surface area (Å²) < 4.78 is 106. The van der Waals surface area contributed by atoms with Crippen LogP contribution in [0.3, 0.4) is 0 Å². The van der Waals surface area contributed by atoms with Gasteiger partial charge in [0.05, 0.1) is 16.5 Å². The lowest BCUT2D eigenvalue weighted by Crippen LogP contribution is -2.56. The van der Waals surface area contributed by atoms with Crippen LogP contribution in [0.5, 0.6) is 0 Å². The number of nitrogens with zero attached hydrogens (tertiary/aromatic N) is 1. The zero-order valence-corrected chi connectivity index (χ0v) is 20.9. The van der Waals surface area contributed by atoms with Crippen molar-refractivity contribution >= 4 is 21.7 Å². The summed E-state index contributed by atoms with van der Waals surface area (Å²) in [5, 5.41) is 2.49. The van der Waals surface area contributed by atoms with E-state index in [0.717, 1.165) is 23.3 Å². The highest BCUT2D eigenvalue weighted by Gasteiger charge is 2.47. The van der Waals surface area contributed by atoms with Crippen molar-refractivity contribution < 1.29 is 44.3 Å². The molecule has 13 heteroatoms. The molecule has 4 rings (SSSR count). The number of sulfone groups is 1. The Morgan fingerprint density at radius 3 is 2.37 bits per heavy atom. The molecule has 1 heterocycles. The molecule has 2 aromatic rings. The third kappa shape index (κ3) is 6.13. The minimum atomic E-state index is -4.78. The molecular formula is C25H24F6N2O4S. The Hall–Kier alpha value is -3.09. The van der Waals surface area contributed by atoms with Gasteiger partial charge in [-0.15, -0.1) is 0 Å². The van der Waals surface area contributed by atoms with Gasteiger partial charge in [-0.05, 0) is 49.1 Å². The topological polar surface area (TPSA) is 83.6 Å². The number of hydrogen-bond donors (Lipinski definition) is 1. The molecule has 2 fully saturated rings. The molecule has 0 radical (unpaired) electrons. The van der Waals surface area contributed by atoms with Crippen molar-refractivity contribution in [1.82, 2.24) is 10.2 Å². The first-order chi connectivity index (χ1) is 17.6. The molecule has 2 atom stereocenters. The minimum Gasteiger partial charge on any atom is -0.347 e. The predicted molar refractivity (Wildman–Crippen MR) is 124 cm³/mol. The first-order valence-electron chi connectivity index (χ1n) is 11.7. The molecule has 0 aromatic heterocycles. The number of hydrogen-bond acceptors (Lipinski definition) is 4. The molecule has 0 bridgehead atoms. The molecule has 0 unspecified atom stereocenters. The lowest BCUT2D eigenvalue weighted by atomic mass is 9.95. The van der Waals surface area contributed by atoms with Gasteiger partial charge in [0.2, 0.25) is 5.91 Å². The Bertz CT molecular complexity index is 1360. The van der Waals surface area contributed by atoms with Gasteiger partial charge in [-0.3, -0.25) is 9.59 Å². The zero-order chi connectivity index (χ0) is 28.0. The van der Waals surface area contributed by atoms with Gasteiger partial charge in [-0.25, -0.2) is 21.6 Å². The third-order valence-corrected chi connectivity index (χ3v) is 7.82. The van der Waals surface area contributed by atoms with Gasteiger partial charge in [0, 0.05) is 36.8 Å². The van der Waals surface area contributed by atoms with E-state index in [2.05, 4.69) is 5.32 Å². The molecule has 2 aliphatic rings. The number of piperidine rings is 1. The molecule has 2 amide bonds. The molecule has 1 aliphatic heterocycles. The number of amides is 2. The average Bonchev–Trinajstić information content (AvgIpc) is 3.66. The van der Waals surface area contributed by atoms with E-state index >= 15 is 0 Å². The van der Waals surface area contributed by atoms with Crippen molar-refractivity contribution in [3.8, 4) is 0 Å². The molecule has 2 aromatic carbocycles. The van der Waals surface area contributed by atoms with E-state index in [1.807, 2.05) is 0 Å². The molecule has 0 spiro atoms. The molecule has 38 heavy (non-hydrogen) atoms. The van der Waals surface area contributed by atoms with Gasteiger partial charge >= 0.3 is 6.18 Å². The molecule has 6 nitrogen and oxygen atoms in total. The largest absolute Gasteiger partial charge is 0.416 e. The quantitative estimate of drug-likeness (QED) is 0.515. The van der Waals surface area contributed by atoms with E-state index in [1.54, 1.807) is 0 Å². The summed E-state index contributed by atoms with van der Waals surface area (Å²) in [6.45, 7) is -0.504. The van der Waals surface area contributed by atoms with E-state index < -0.39 is 76.6 Å². The van der Waals surface area contributed by atoms with Crippen molar-refractivity contribution in [2.24, 2.45) is 5.92 Å². The normalized spacial score (nSPS) is 20.6. The molecular weight excluding hydrogens is 538 g/mol.